The average molecular weight is 278 g/mol. The highest BCUT2D eigenvalue weighted by Crippen LogP contribution is 2.13. The number of piperazine rings is 1. The average Bonchev–Trinajstić information content (AvgIpc) is 2.83. The van der Waals surface area contributed by atoms with E-state index in [9.17, 15) is 4.79 Å². The fourth-order valence-corrected chi connectivity index (χ4v) is 2.92. The van der Waals surface area contributed by atoms with E-state index in [-0.39, 0.29) is 5.91 Å². The van der Waals surface area contributed by atoms with Crippen molar-refractivity contribution < 1.29 is 4.79 Å². The molecule has 1 aliphatic heterocycles. The second-order valence-electron chi connectivity index (χ2n) is 6.15. The molecule has 1 amide bonds. The van der Waals surface area contributed by atoms with E-state index in [1.54, 1.807) is 0 Å². The van der Waals surface area contributed by atoms with Crippen LogP contribution in [0.5, 0.6) is 0 Å². The van der Waals surface area contributed by atoms with Crippen molar-refractivity contribution in [3.05, 3.63) is 18.2 Å². The van der Waals surface area contributed by atoms with Gasteiger partial charge in [0.15, 0.2) is 0 Å². The molecule has 1 fully saturated rings. The predicted octanol–water partition coefficient (Wildman–Crippen LogP) is 1.61. The van der Waals surface area contributed by atoms with E-state index >= 15 is 0 Å². The molecule has 1 aliphatic rings. The van der Waals surface area contributed by atoms with Gasteiger partial charge in [-0.15, -0.1) is 0 Å². The predicted molar refractivity (Wildman–Crippen MR) is 79.6 cm³/mol. The number of aromatic nitrogens is 2. The number of rotatable bonds is 4. The van der Waals surface area contributed by atoms with Gasteiger partial charge in [0.05, 0.1) is 0 Å². The van der Waals surface area contributed by atoms with Gasteiger partial charge in [-0.1, -0.05) is 13.8 Å². The smallest absolute Gasteiger partial charge is 0.224 e. The van der Waals surface area contributed by atoms with Gasteiger partial charge in [-0.05, 0) is 13.8 Å². The number of hydrogen-bond acceptors (Lipinski definition) is 3. The molecule has 2 unspecified atom stereocenters. The monoisotopic (exact) mass is 278 g/mol. The Morgan fingerprint density at radius 3 is 2.65 bits per heavy atom. The van der Waals surface area contributed by atoms with Crippen LogP contribution in [0, 0.1) is 0 Å². The summed E-state index contributed by atoms with van der Waals surface area (Å²) in [5.41, 5.74) is 0. The molecule has 2 atom stereocenters. The molecule has 0 saturated carbocycles. The van der Waals surface area contributed by atoms with Gasteiger partial charge in [-0.25, -0.2) is 4.98 Å². The fourth-order valence-electron chi connectivity index (χ4n) is 2.92. The maximum absolute atomic E-state index is 12.3. The van der Waals surface area contributed by atoms with Crippen LogP contribution >= 0.6 is 0 Å². The number of nitrogens with zero attached hydrogens (tertiary/aromatic N) is 3. The van der Waals surface area contributed by atoms with Gasteiger partial charge in [0.1, 0.15) is 5.82 Å². The van der Waals surface area contributed by atoms with E-state index in [1.165, 1.54) is 0 Å². The van der Waals surface area contributed by atoms with E-state index in [2.05, 4.69) is 42.6 Å². The highest BCUT2D eigenvalue weighted by molar-refractivity contribution is 5.76. The summed E-state index contributed by atoms with van der Waals surface area (Å²) in [6.45, 7) is 10.8. The topological polar surface area (TPSA) is 50.2 Å². The summed E-state index contributed by atoms with van der Waals surface area (Å²) in [6, 6.07) is 0.754. The molecule has 5 heteroatoms. The summed E-state index contributed by atoms with van der Waals surface area (Å²) in [4.78, 5) is 18.7. The summed E-state index contributed by atoms with van der Waals surface area (Å²) < 4.78 is 2.09. The number of carbonyl (C=O) groups excluding carboxylic acids is 1. The van der Waals surface area contributed by atoms with E-state index in [0.29, 0.717) is 24.4 Å². The van der Waals surface area contributed by atoms with Crippen LogP contribution in [0.1, 0.15) is 45.9 Å². The third-order valence-electron chi connectivity index (χ3n) is 3.74. The van der Waals surface area contributed by atoms with Crippen molar-refractivity contribution in [2.45, 2.75) is 58.7 Å². The molecule has 0 spiro atoms. The molecule has 1 aromatic rings. The minimum absolute atomic E-state index is 0.244. The molecule has 2 heterocycles. The molecule has 0 aromatic carbocycles. The first-order valence-electron chi connectivity index (χ1n) is 7.52. The molecule has 5 nitrogen and oxygen atoms in total. The van der Waals surface area contributed by atoms with Crippen LogP contribution in [0.4, 0.5) is 0 Å². The summed E-state index contributed by atoms with van der Waals surface area (Å²) in [7, 11) is 0. The van der Waals surface area contributed by atoms with Crippen LogP contribution in [0.2, 0.25) is 0 Å². The Balaban J connectivity index is 1.90. The highest BCUT2D eigenvalue weighted by Gasteiger charge is 2.24. The second kappa shape index (κ2) is 6.39. The third kappa shape index (κ3) is 3.60. The molecule has 0 bridgehead atoms. The lowest BCUT2D eigenvalue weighted by atomic mass is 10.1. The van der Waals surface area contributed by atoms with E-state index in [1.807, 2.05) is 17.3 Å². The minimum atomic E-state index is 0.244. The van der Waals surface area contributed by atoms with Crippen molar-refractivity contribution in [2.75, 3.05) is 13.1 Å². The van der Waals surface area contributed by atoms with Gasteiger partial charge in [-0.3, -0.25) is 4.79 Å². The summed E-state index contributed by atoms with van der Waals surface area (Å²) in [5, 5.41) is 3.45. The largest absolute Gasteiger partial charge is 0.340 e. The van der Waals surface area contributed by atoms with Crippen LogP contribution in [-0.4, -0.2) is 45.5 Å². The van der Waals surface area contributed by atoms with E-state index in [4.69, 9.17) is 0 Å². The lowest BCUT2D eigenvalue weighted by Gasteiger charge is -2.36. The summed E-state index contributed by atoms with van der Waals surface area (Å²) in [5.74, 6) is 1.69. The Morgan fingerprint density at radius 2 is 2.05 bits per heavy atom. The lowest BCUT2D eigenvalue weighted by Crippen LogP contribution is -2.55. The molecule has 2 rings (SSSR count). The Labute approximate surface area is 121 Å². The molecule has 1 N–H and O–H groups in total. The van der Waals surface area contributed by atoms with E-state index in [0.717, 1.165) is 25.5 Å². The van der Waals surface area contributed by atoms with Crippen molar-refractivity contribution in [1.82, 2.24) is 19.8 Å². The zero-order valence-corrected chi connectivity index (χ0v) is 13.0. The van der Waals surface area contributed by atoms with E-state index < -0.39 is 0 Å². The van der Waals surface area contributed by atoms with Gasteiger partial charge in [0, 0.05) is 56.5 Å². The zero-order chi connectivity index (χ0) is 14.7. The number of hydrogen-bond donors (Lipinski definition) is 1. The molecule has 0 radical (unpaired) electrons. The van der Waals surface area contributed by atoms with Crippen LogP contribution in [0.15, 0.2) is 12.4 Å². The number of aryl methyl sites for hydroxylation is 1. The maximum atomic E-state index is 12.3. The van der Waals surface area contributed by atoms with Gasteiger partial charge < -0.3 is 14.8 Å². The zero-order valence-electron chi connectivity index (χ0n) is 13.0. The Bertz CT molecular complexity index is 444. The molecule has 20 heavy (non-hydrogen) atoms. The van der Waals surface area contributed by atoms with Crippen molar-refractivity contribution >= 4 is 5.91 Å². The quantitative estimate of drug-likeness (QED) is 0.910. The summed E-state index contributed by atoms with van der Waals surface area (Å²) in [6.07, 6.45) is 4.33. The number of carbonyl (C=O) groups is 1. The molecular weight excluding hydrogens is 252 g/mol. The van der Waals surface area contributed by atoms with Crippen molar-refractivity contribution in [3.63, 3.8) is 0 Å². The van der Waals surface area contributed by atoms with Crippen molar-refractivity contribution in [2.24, 2.45) is 0 Å². The molecular formula is C15H26N4O. The fraction of sp³-hybridized carbons (Fsp3) is 0.733. The van der Waals surface area contributed by atoms with Gasteiger partial charge in [0.25, 0.3) is 0 Å². The Morgan fingerprint density at radius 1 is 1.40 bits per heavy atom. The second-order valence-corrected chi connectivity index (χ2v) is 6.15. The van der Waals surface area contributed by atoms with Crippen molar-refractivity contribution in [1.29, 1.82) is 0 Å². The highest BCUT2D eigenvalue weighted by atomic mass is 16.2. The first-order valence-corrected chi connectivity index (χ1v) is 7.52. The summed E-state index contributed by atoms with van der Waals surface area (Å²) >= 11 is 0. The Kier molecular flexibility index (Phi) is 4.81. The molecule has 1 saturated heterocycles. The Hall–Kier alpha value is -1.36. The van der Waals surface area contributed by atoms with Crippen LogP contribution < -0.4 is 5.32 Å². The molecule has 0 aliphatic carbocycles. The van der Waals surface area contributed by atoms with Gasteiger partial charge in [-0.2, -0.15) is 0 Å². The lowest BCUT2D eigenvalue weighted by molar-refractivity contribution is -0.133. The van der Waals surface area contributed by atoms with Crippen LogP contribution in [0.3, 0.4) is 0 Å². The van der Waals surface area contributed by atoms with Gasteiger partial charge >= 0.3 is 0 Å². The first-order chi connectivity index (χ1) is 9.47. The first kappa shape index (κ1) is 15.0. The SMILES string of the molecule is CC1CN(C(=O)CCn2ccnc2C(C)C)CC(C)N1. The van der Waals surface area contributed by atoms with Gasteiger partial charge in [0.2, 0.25) is 5.91 Å². The number of nitrogens with one attached hydrogen (secondary N) is 1. The number of imidazole rings is 1. The minimum Gasteiger partial charge on any atom is -0.340 e. The standard InChI is InChI=1S/C15H26N4O/c1-11(2)15-16-6-8-18(15)7-5-14(20)19-9-12(3)17-13(4)10-19/h6,8,11-13,17H,5,7,9-10H2,1-4H3. The van der Waals surface area contributed by atoms with Crippen LogP contribution in [-0.2, 0) is 11.3 Å². The molecule has 1 aromatic heterocycles. The normalized spacial score (nSPS) is 23.4. The number of amides is 1. The maximum Gasteiger partial charge on any atom is 0.224 e. The third-order valence-corrected chi connectivity index (χ3v) is 3.74. The van der Waals surface area contributed by atoms with Crippen molar-refractivity contribution in [3.8, 4) is 0 Å². The molecule has 112 valence electrons. The van der Waals surface area contributed by atoms with Crippen LogP contribution in [0.25, 0.3) is 0 Å².